The Balaban J connectivity index is 1.97. The highest BCUT2D eigenvalue weighted by Crippen LogP contribution is 2.12. The summed E-state index contributed by atoms with van der Waals surface area (Å²) in [5.41, 5.74) is 2.03. The minimum atomic E-state index is -0.283. The number of imide groups is 1. The van der Waals surface area contributed by atoms with Gasteiger partial charge in [0.05, 0.1) is 11.7 Å². The van der Waals surface area contributed by atoms with Crippen LogP contribution in [-0.4, -0.2) is 34.8 Å². The third-order valence-corrected chi connectivity index (χ3v) is 3.28. The smallest absolute Gasteiger partial charge is 0.246 e. The van der Waals surface area contributed by atoms with Crippen LogP contribution < -0.4 is 5.32 Å². The number of nitrogens with zero attached hydrogens (tertiary/aromatic N) is 2. The largest absolute Gasteiger partial charge is 0.300 e. The fourth-order valence-electron chi connectivity index (χ4n) is 2.03. The highest BCUT2D eigenvalue weighted by Gasteiger charge is 2.31. The number of amides is 2. The Morgan fingerprint density at radius 1 is 1.50 bits per heavy atom. The molecule has 5 heteroatoms. The third kappa shape index (κ3) is 2.56. The van der Waals surface area contributed by atoms with E-state index in [9.17, 15) is 9.59 Å². The molecule has 0 radical (unpaired) electrons. The molecule has 0 bridgehead atoms. The first-order valence-corrected chi connectivity index (χ1v) is 6.04. The second-order valence-electron chi connectivity index (χ2n) is 4.53. The van der Waals surface area contributed by atoms with E-state index in [0.29, 0.717) is 19.4 Å². The van der Waals surface area contributed by atoms with E-state index in [0.717, 1.165) is 11.3 Å². The molecule has 1 aromatic rings. The number of likely N-dealkylation sites (N-methyl/N-ethyl adjacent to an activating group) is 1. The second kappa shape index (κ2) is 5.27. The number of likely N-dealkylation sites (tertiary alicyclic amines) is 1. The highest BCUT2D eigenvalue weighted by molar-refractivity contribution is 6.00. The SMILES string of the molecule is Cc1cccnc1CNC1CCC(=O)N(C)C1=O. The van der Waals surface area contributed by atoms with Crippen molar-refractivity contribution >= 4 is 11.8 Å². The molecule has 5 nitrogen and oxygen atoms in total. The first-order chi connectivity index (χ1) is 8.59. The van der Waals surface area contributed by atoms with Gasteiger partial charge in [-0.05, 0) is 25.0 Å². The summed E-state index contributed by atoms with van der Waals surface area (Å²) >= 11 is 0. The van der Waals surface area contributed by atoms with Crippen molar-refractivity contribution in [1.82, 2.24) is 15.2 Å². The zero-order valence-corrected chi connectivity index (χ0v) is 10.6. The van der Waals surface area contributed by atoms with Gasteiger partial charge in [-0.3, -0.25) is 19.5 Å². The van der Waals surface area contributed by atoms with Gasteiger partial charge in [-0.25, -0.2) is 0 Å². The predicted molar refractivity (Wildman–Crippen MR) is 66.6 cm³/mol. The molecule has 1 unspecified atom stereocenters. The number of aryl methyl sites for hydroxylation is 1. The molecule has 1 fully saturated rings. The van der Waals surface area contributed by atoms with Crippen LogP contribution >= 0.6 is 0 Å². The molecule has 1 aliphatic rings. The molecule has 2 rings (SSSR count). The lowest BCUT2D eigenvalue weighted by Crippen LogP contribution is -2.51. The first-order valence-electron chi connectivity index (χ1n) is 6.04. The number of hydrogen-bond donors (Lipinski definition) is 1. The maximum absolute atomic E-state index is 11.9. The van der Waals surface area contributed by atoms with Crippen molar-refractivity contribution in [2.24, 2.45) is 0 Å². The van der Waals surface area contributed by atoms with Gasteiger partial charge in [0, 0.05) is 26.2 Å². The lowest BCUT2D eigenvalue weighted by molar-refractivity contribution is -0.148. The summed E-state index contributed by atoms with van der Waals surface area (Å²) in [6.45, 7) is 2.54. The van der Waals surface area contributed by atoms with Crippen LogP contribution in [0, 0.1) is 6.92 Å². The van der Waals surface area contributed by atoms with Gasteiger partial charge in [0.1, 0.15) is 0 Å². The fraction of sp³-hybridized carbons (Fsp3) is 0.462. The Kier molecular flexibility index (Phi) is 3.72. The van der Waals surface area contributed by atoms with Gasteiger partial charge in [-0.15, -0.1) is 0 Å². The van der Waals surface area contributed by atoms with Crippen molar-refractivity contribution in [1.29, 1.82) is 0 Å². The van der Waals surface area contributed by atoms with Crippen LogP contribution in [-0.2, 0) is 16.1 Å². The van der Waals surface area contributed by atoms with Crippen molar-refractivity contribution < 1.29 is 9.59 Å². The number of rotatable bonds is 3. The Bertz CT molecular complexity index is 473. The van der Waals surface area contributed by atoms with E-state index in [-0.39, 0.29) is 17.9 Å². The molecule has 0 aliphatic carbocycles. The number of nitrogens with one attached hydrogen (secondary N) is 1. The molecule has 1 N–H and O–H groups in total. The number of carbonyl (C=O) groups excluding carboxylic acids is 2. The van der Waals surface area contributed by atoms with Gasteiger partial charge in [-0.2, -0.15) is 0 Å². The topological polar surface area (TPSA) is 62.3 Å². The summed E-state index contributed by atoms with van der Waals surface area (Å²) in [5, 5.41) is 3.17. The molecule has 2 amide bonds. The average Bonchev–Trinajstić information content (AvgIpc) is 2.37. The molecular weight excluding hydrogens is 230 g/mol. The van der Waals surface area contributed by atoms with Crippen molar-refractivity contribution in [3.63, 3.8) is 0 Å². The second-order valence-corrected chi connectivity index (χ2v) is 4.53. The number of carbonyl (C=O) groups is 2. The first kappa shape index (κ1) is 12.7. The van der Waals surface area contributed by atoms with Crippen LogP contribution in [0.3, 0.4) is 0 Å². The molecule has 1 atom stereocenters. The van der Waals surface area contributed by atoms with E-state index in [1.54, 1.807) is 6.20 Å². The lowest BCUT2D eigenvalue weighted by Gasteiger charge is -2.28. The summed E-state index contributed by atoms with van der Waals surface area (Å²) in [6, 6.07) is 3.59. The van der Waals surface area contributed by atoms with Crippen LogP contribution in [0.5, 0.6) is 0 Å². The van der Waals surface area contributed by atoms with E-state index in [4.69, 9.17) is 0 Å². The van der Waals surface area contributed by atoms with Gasteiger partial charge >= 0.3 is 0 Å². The van der Waals surface area contributed by atoms with Crippen LogP contribution in [0.25, 0.3) is 0 Å². The number of pyridine rings is 1. The predicted octanol–water partition coefficient (Wildman–Crippen LogP) is 0.627. The molecule has 18 heavy (non-hydrogen) atoms. The minimum absolute atomic E-state index is 0.105. The molecule has 1 aromatic heterocycles. The summed E-state index contributed by atoms with van der Waals surface area (Å²) in [7, 11) is 1.53. The van der Waals surface area contributed by atoms with Gasteiger partial charge in [-0.1, -0.05) is 6.07 Å². The number of hydrogen-bond acceptors (Lipinski definition) is 4. The fourth-order valence-corrected chi connectivity index (χ4v) is 2.03. The van der Waals surface area contributed by atoms with Crippen LogP contribution in [0.2, 0.25) is 0 Å². The van der Waals surface area contributed by atoms with Crippen LogP contribution in [0.15, 0.2) is 18.3 Å². The normalized spacial score (nSPS) is 20.3. The molecule has 96 valence electrons. The number of piperidine rings is 1. The molecule has 0 saturated carbocycles. The van der Waals surface area contributed by atoms with Gasteiger partial charge < -0.3 is 5.32 Å². The van der Waals surface area contributed by atoms with E-state index in [2.05, 4.69) is 10.3 Å². The Morgan fingerprint density at radius 2 is 2.28 bits per heavy atom. The molecule has 1 saturated heterocycles. The van der Waals surface area contributed by atoms with Crippen molar-refractivity contribution in [2.75, 3.05) is 7.05 Å². The molecule has 0 aromatic carbocycles. The van der Waals surface area contributed by atoms with Crippen LogP contribution in [0.1, 0.15) is 24.1 Å². The summed E-state index contributed by atoms with van der Waals surface area (Å²) in [6.07, 6.45) is 2.72. The quantitative estimate of drug-likeness (QED) is 0.796. The average molecular weight is 247 g/mol. The molecule has 0 spiro atoms. The van der Waals surface area contributed by atoms with Crippen molar-refractivity contribution in [2.45, 2.75) is 32.4 Å². The zero-order chi connectivity index (χ0) is 13.1. The van der Waals surface area contributed by atoms with Gasteiger partial charge in [0.2, 0.25) is 11.8 Å². The Labute approximate surface area is 106 Å². The Morgan fingerprint density at radius 3 is 3.00 bits per heavy atom. The van der Waals surface area contributed by atoms with E-state index >= 15 is 0 Å². The van der Waals surface area contributed by atoms with Gasteiger partial charge in [0.25, 0.3) is 0 Å². The van der Waals surface area contributed by atoms with Crippen molar-refractivity contribution in [3.05, 3.63) is 29.6 Å². The monoisotopic (exact) mass is 247 g/mol. The van der Waals surface area contributed by atoms with E-state index < -0.39 is 0 Å². The third-order valence-electron chi connectivity index (χ3n) is 3.28. The summed E-state index contributed by atoms with van der Waals surface area (Å²) < 4.78 is 0. The van der Waals surface area contributed by atoms with Crippen molar-refractivity contribution in [3.8, 4) is 0 Å². The van der Waals surface area contributed by atoms with Crippen LogP contribution in [0.4, 0.5) is 0 Å². The standard InChI is InChI=1S/C13H17N3O2/c1-9-4-3-7-14-11(9)8-15-10-5-6-12(17)16(2)13(10)18/h3-4,7,10,15H,5-6,8H2,1-2H3. The summed E-state index contributed by atoms with van der Waals surface area (Å²) in [4.78, 5) is 28.7. The van der Waals surface area contributed by atoms with Gasteiger partial charge in [0.15, 0.2) is 0 Å². The van der Waals surface area contributed by atoms with E-state index in [1.807, 2.05) is 19.1 Å². The zero-order valence-electron chi connectivity index (χ0n) is 10.6. The maximum Gasteiger partial charge on any atom is 0.246 e. The lowest BCUT2D eigenvalue weighted by atomic mass is 10.0. The minimum Gasteiger partial charge on any atom is -0.300 e. The number of aromatic nitrogens is 1. The van der Waals surface area contributed by atoms with E-state index in [1.165, 1.54) is 11.9 Å². The molecular formula is C13H17N3O2. The molecule has 1 aliphatic heterocycles. The maximum atomic E-state index is 11.9. The highest BCUT2D eigenvalue weighted by atomic mass is 16.2. The summed E-state index contributed by atoms with van der Waals surface area (Å²) in [5.74, 6) is -0.257. The Hall–Kier alpha value is -1.75. The molecule has 2 heterocycles.